The Balaban J connectivity index is 0.685. The number of hydrogen-bond donors (Lipinski definition) is 4. The van der Waals surface area contributed by atoms with Crippen molar-refractivity contribution in [2.75, 3.05) is 116 Å². The molecular formula is C61H75ClF2N10O9S. The van der Waals surface area contributed by atoms with E-state index in [0.717, 1.165) is 77.4 Å². The zero-order valence-corrected chi connectivity index (χ0v) is 49.5. The molecule has 0 radical (unpaired) electrons. The van der Waals surface area contributed by atoms with Crippen molar-refractivity contribution < 1.29 is 52.0 Å². The maximum Gasteiger partial charge on any atom is 0.314 e. The standard InChI is InChI=1S/C61H75ClF2N10O9S/c1-38(66-2)50(76)36-43(39-11-5-4-6-12-39)59(78)74-22-10-16-48(74)58-68-47(37-84-58)41-18-19-51(42-14-8-7-13-40(41)42)83-34-33-82-32-31-81-30-29-80-28-27-71(3)52(77)20-21-67-61-69-56-44(57(70-61)72-23-25-73(26-24-72)60(65)79)35-45(62)53(55(56)64)54-46(63)15-9-17-49(54)75/h7-9,13-15,17-19,35,37-39,43,48,66,75H,4-6,10-12,16,20-34,36H2,1-3H3,(H2,65,79)(H,67,69,70)/t38-,43-,48-/m0/s1. The third-order valence-electron chi connectivity index (χ3n) is 16.2. The number of primary amides is 1. The van der Waals surface area contributed by atoms with Gasteiger partial charge in [0.25, 0.3) is 0 Å². The third-order valence-corrected chi connectivity index (χ3v) is 17.5. The van der Waals surface area contributed by atoms with Gasteiger partial charge in [-0.05, 0) is 81.3 Å². The highest BCUT2D eigenvalue weighted by Gasteiger charge is 2.40. The number of ether oxygens (including phenoxy) is 4. The molecule has 4 amide bonds. The number of ketones is 1. The molecule has 1 aliphatic carbocycles. The molecule has 2 aliphatic heterocycles. The van der Waals surface area contributed by atoms with Crippen LogP contribution in [0.25, 0.3) is 44.1 Å². The number of aromatic hydroxyl groups is 1. The lowest BCUT2D eigenvalue weighted by molar-refractivity contribution is -0.141. The Kier molecular flexibility index (Phi) is 21.5. The average Bonchev–Trinajstić information content (AvgIpc) is 1.68. The Labute approximate surface area is 497 Å². The van der Waals surface area contributed by atoms with E-state index in [1.165, 1.54) is 34.4 Å². The minimum Gasteiger partial charge on any atom is -0.507 e. The van der Waals surface area contributed by atoms with Crippen LogP contribution in [0.2, 0.25) is 5.02 Å². The van der Waals surface area contributed by atoms with Gasteiger partial charge in [-0.2, -0.15) is 4.98 Å². The maximum atomic E-state index is 16.5. The van der Waals surface area contributed by atoms with E-state index in [4.69, 9.17) is 41.3 Å². The number of phenolic OH excluding ortho intramolecular Hbond substituents is 1. The van der Waals surface area contributed by atoms with E-state index < -0.39 is 29.0 Å². The lowest BCUT2D eigenvalue weighted by atomic mass is 9.76. The van der Waals surface area contributed by atoms with Crippen molar-refractivity contribution >= 4 is 80.0 Å². The number of urea groups is 1. The molecule has 84 heavy (non-hydrogen) atoms. The Morgan fingerprint density at radius 3 is 2.26 bits per heavy atom. The van der Waals surface area contributed by atoms with Crippen molar-refractivity contribution in [1.82, 2.24) is 35.0 Å². The molecule has 23 heteroatoms. The van der Waals surface area contributed by atoms with Gasteiger partial charge in [0.2, 0.25) is 17.8 Å². The first-order valence-electron chi connectivity index (χ1n) is 29.0. The summed E-state index contributed by atoms with van der Waals surface area (Å²) in [6, 6.07) is 16.2. The van der Waals surface area contributed by atoms with Crippen molar-refractivity contribution in [3.63, 3.8) is 0 Å². The van der Waals surface area contributed by atoms with Crippen LogP contribution in [0.3, 0.4) is 0 Å². The van der Waals surface area contributed by atoms with E-state index in [9.17, 15) is 24.3 Å². The second-order valence-corrected chi connectivity index (χ2v) is 22.8. The summed E-state index contributed by atoms with van der Waals surface area (Å²) in [6.45, 7) is 6.52. The third kappa shape index (κ3) is 14.8. The number of rotatable bonds is 27. The number of aromatic nitrogens is 3. The Hall–Kier alpha value is -6.82. The Morgan fingerprint density at radius 1 is 0.833 bits per heavy atom. The second kappa shape index (κ2) is 29.3. The summed E-state index contributed by atoms with van der Waals surface area (Å²) >= 11 is 8.16. The molecule has 3 aliphatic rings. The van der Waals surface area contributed by atoms with Crippen LogP contribution in [0.1, 0.15) is 75.8 Å². The zero-order valence-electron chi connectivity index (χ0n) is 47.9. The first-order chi connectivity index (χ1) is 40.7. The fourth-order valence-corrected chi connectivity index (χ4v) is 12.7. The van der Waals surface area contributed by atoms with E-state index in [0.29, 0.717) is 84.7 Å². The van der Waals surface area contributed by atoms with Crippen LogP contribution in [0.5, 0.6) is 11.5 Å². The largest absolute Gasteiger partial charge is 0.507 e. The van der Waals surface area contributed by atoms with Gasteiger partial charge in [0.05, 0.1) is 68.0 Å². The number of anilines is 2. The number of Topliss-reactive ketones (excluding diaryl/α,β-unsaturated/α-hetero) is 1. The van der Waals surface area contributed by atoms with Gasteiger partial charge in [-0.3, -0.25) is 14.4 Å². The van der Waals surface area contributed by atoms with Crippen LogP contribution in [0, 0.1) is 23.5 Å². The Morgan fingerprint density at radius 2 is 1.55 bits per heavy atom. The first kappa shape index (κ1) is 61.7. The molecule has 5 N–H and O–H groups in total. The molecule has 1 saturated carbocycles. The molecule has 0 bridgehead atoms. The lowest BCUT2D eigenvalue weighted by Crippen LogP contribution is -2.50. The molecule has 0 spiro atoms. The van der Waals surface area contributed by atoms with E-state index >= 15 is 8.78 Å². The quantitative estimate of drug-likeness (QED) is 0.0353. The number of amides is 4. The average molecular weight is 1200 g/mol. The van der Waals surface area contributed by atoms with Gasteiger partial charge >= 0.3 is 6.03 Å². The minimum absolute atomic E-state index is 0.00426. The number of benzene rings is 4. The number of hydrogen-bond acceptors (Lipinski definition) is 16. The number of carbonyl (C=O) groups is 4. The van der Waals surface area contributed by atoms with Crippen molar-refractivity contribution in [2.45, 2.75) is 76.8 Å². The number of nitrogens with zero attached hydrogens (tertiary/aromatic N) is 7. The number of phenols is 1. The predicted molar refractivity (Wildman–Crippen MR) is 321 cm³/mol. The molecule has 450 valence electrons. The maximum absolute atomic E-state index is 16.5. The molecule has 0 unspecified atom stereocenters. The second-order valence-electron chi connectivity index (χ2n) is 21.5. The monoisotopic (exact) mass is 1200 g/mol. The highest BCUT2D eigenvalue weighted by Crippen LogP contribution is 2.44. The summed E-state index contributed by atoms with van der Waals surface area (Å²) in [5.74, 6) is -1.36. The smallest absolute Gasteiger partial charge is 0.314 e. The topological polar surface area (TPSA) is 227 Å². The molecule has 3 atom stereocenters. The first-order valence-corrected chi connectivity index (χ1v) is 30.3. The van der Waals surface area contributed by atoms with Crippen molar-refractivity contribution in [2.24, 2.45) is 17.6 Å². The SMILES string of the molecule is CN[C@@H](C)C(=O)C[C@H](C(=O)N1CCC[C@H]1c1nc(-c2ccc(OCCOCCOCCOCCN(C)C(=O)CCNc3nc(N4CCN(C(N)=O)CC4)c4cc(Cl)c(-c5c(O)cccc5F)c(F)c4n3)c3ccccc23)cs1)C1CCCCC1. The van der Waals surface area contributed by atoms with Crippen molar-refractivity contribution in [1.29, 1.82) is 0 Å². The molecule has 2 aromatic heterocycles. The number of thiazole rings is 1. The molecule has 9 rings (SSSR count). The molecule has 4 heterocycles. The highest BCUT2D eigenvalue weighted by molar-refractivity contribution is 7.10. The molecular weight excluding hydrogens is 1120 g/mol. The van der Waals surface area contributed by atoms with Gasteiger partial charge in [0, 0.05) is 98.9 Å². The summed E-state index contributed by atoms with van der Waals surface area (Å²) in [6.07, 6.45) is 7.46. The number of piperazine rings is 1. The van der Waals surface area contributed by atoms with Crippen LogP contribution in [0.4, 0.5) is 25.3 Å². The summed E-state index contributed by atoms with van der Waals surface area (Å²) < 4.78 is 55.0. The van der Waals surface area contributed by atoms with E-state index in [1.807, 2.05) is 47.1 Å². The summed E-state index contributed by atoms with van der Waals surface area (Å²) in [7, 11) is 3.45. The van der Waals surface area contributed by atoms with Gasteiger partial charge in [-0.1, -0.05) is 61.2 Å². The van der Waals surface area contributed by atoms with Crippen LogP contribution >= 0.6 is 22.9 Å². The molecule has 19 nitrogen and oxygen atoms in total. The Bertz CT molecular complexity index is 3250. The fourth-order valence-electron chi connectivity index (χ4n) is 11.4. The summed E-state index contributed by atoms with van der Waals surface area (Å²) in [4.78, 5) is 73.7. The van der Waals surface area contributed by atoms with Gasteiger partial charge in [0.1, 0.15) is 46.0 Å². The van der Waals surface area contributed by atoms with Crippen molar-refractivity contribution in [3.05, 3.63) is 87.7 Å². The fraction of sp³-hybridized carbons (Fsp3) is 0.492. The van der Waals surface area contributed by atoms with Crippen LogP contribution < -0.4 is 26.0 Å². The molecule has 2 saturated heterocycles. The lowest BCUT2D eigenvalue weighted by Gasteiger charge is -2.35. The zero-order chi connectivity index (χ0) is 59.3. The van der Waals surface area contributed by atoms with E-state index in [2.05, 4.69) is 32.0 Å². The number of nitrogens with two attached hydrogens (primary N) is 1. The number of halogens is 3. The number of nitrogens with one attached hydrogen (secondary N) is 2. The summed E-state index contributed by atoms with van der Waals surface area (Å²) in [5.41, 5.74) is 6.39. The van der Waals surface area contributed by atoms with Gasteiger partial charge in [-0.15, -0.1) is 11.3 Å². The number of carbonyl (C=O) groups excluding carboxylic acids is 4. The molecule has 4 aromatic carbocycles. The minimum atomic E-state index is -0.970. The molecule has 3 fully saturated rings. The summed E-state index contributed by atoms with van der Waals surface area (Å²) in [5, 5.41) is 21.6. The van der Waals surface area contributed by atoms with Crippen LogP contribution in [-0.2, 0) is 28.6 Å². The molecule has 6 aromatic rings. The number of likely N-dealkylation sites (N-methyl/N-ethyl adjacent to an activating group) is 2. The van der Waals surface area contributed by atoms with E-state index in [1.54, 1.807) is 25.4 Å². The van der Waals surface area contributed by atoms with Gasteiger partial charge in [0.15, 0.2) is 5.82 Å². The predicted octanol–water partition coefficient (Wildman–Crippen LogP) is 9.23. The highest BCUT2D eigenvalue weighted by atomic mass is 35.5. The van der Waals surface area contributed by atoms with Crippen LogP contribution in [0.15, 0.2) is 66.0 Å². The van der Waals surface area contributed by atoms with Crippen LogP contribution in [-0.4, -0.2) is 171 Å². The number of likely N-dealkylation sites (tertiary alicyclic amines) is 1. The van der Waals surface area contributed by atoms with E-state index in [-0.39, 0.29) is 94.9 Å². The number of fused-ring (bicyclic) bond motifs is 2. The normalized spacial score (nSPS) is 16.5. The van der Waals surface area contributed by atoms with Gasteiger partial charge in [-0.25, -0.2) is 23.5 Å². The van der Waals surface area contributed by atoms with Gasteiger partial charge < -0.3 is 60.0 Å². The van der Waals surface area contributed by atoms with Crippen molar-refractivity contribution in [3.8, 4) is 33.9 Å².